The first kappa shape index (κ1) is 11.1. The fraction of sp³-hybridized carbons (Fsp3) is 0.222. The number of carbonyl (C=O) groups is 1. The summed E-state index contributed by atoms with van der Waals surface area (Å²) in [5, 5.41) is 19.3. The van der Waals surface area contributed by atoms with E-state index in [1.165, 1.54) is 18.2 Å². The molecule has 0 fully saturated rings. The summed E-state index contributed by atoms with van der Waals surface area (Å²) < 4.78 is 0. The van der Waals surface area contributed by atoms with Crippen molar-refractivity contribution in [2.24, 2.45) is 5.73 Å². The number of nitro benzene ring substituents is 1. The Labute approximate surface area is 85.5 Å². The quantitative estimate of drug-likeness (QED) is 0.564. The van der Waals surface area contributed by atoms with Crippen molar-refractivity contribution in [1.82, 2.24) is 0 Å². The summed E-state index contributed by atoms with van der Waals surface area (Å²) in [6, 6.07) is 3.99. The normalized spacial score (nSPS) is 9.93. The summed E-state index contributed by atoms with van der Waals surface area (Å²) in [4.78, 5) is 20.5. The van der Waals surface area contributed by atoms with Crippen molar-refractivity contribution >= 4 is 11.7 Å². The van der Waals surface area contributed by atoms with Gasteiger partial charge in [0.25, 0.3) is 5.69 Å². The molecule has 6 nitrogen and oxygen atoms in total. The zero-order valence-electron chi connectivity index (χ0n) is 7.84. The van der Waals surface area contributed by atoms with Crippen LogP contribution in [0.4, 0.5) is 5.69 Å². The van der Waals surface area contributed by atoms with Gasteiger partial charge in [-0.2, -0.15) is 0 Å². The first-order chi connectivity index (χ1) is 7.06. The van der Waals surface area contributed by atoms with Gasteiger partial charge in [0.2, 0.25) is 0 Å². The average molecular weight is 210 g/mol. The Morgan fingerprint density at radius 3 is 2.67 bits per heavy atom. The van der Waals surface area contributed by atoms with E-state index in [0.29, 0.717) is 18.5 Å². The van der Waals surface area contributed by atoms with Crippen molar-refractivity contribution in [1.29, 1.82) is 0 Å². The number of nitro groups is 1. The largest absolute Gasteiger partial charge is 0.477 e. The first-order valence-corrected chi connectivity index (χ1v) is 4.27. The summed E-state index contributed by atoms with van der Waals surface area (Å²) in [5.74, 6) is -1.31. The third-order valence-electron chi connectivity index (χ3n) is 1.92. The highest BCUT2D eigenvalue weighted by molar-refractivity contribution is 5.92. The Morgan fingerprint density at radius 1 is 1.53 bits per heavy atom. The summed E-state index contributed by atoms with van der Waals surface area (Å²) >= 11 is 0. The molecule has 0 saturated heterocycles. The highest BCUT2D eigenvalue weighted by atomic mass is 16.6. The Hall–Kier alpha value is -1.95. The van der Waals surface area contributed by atoms with Crippen LogP contribution in [0.2, 0.25) is 0 Å². The molecule has 0 spiro atoms. The molecule has 0 bridgehead atoms. The number of rotatable bonds is 4. The maximum atomic E-state index is 10.7. The minimum absolute atomic E-state index is 0.300. The summed E-state index contributed by atoms with van der Waals surface area (Å²) in [6.07, 6.45) is 0.498. The number of benzene rings is 1. The predicted octanol–water partition coefficient (Wildman–Crippen LogP) is 0.794. The van der Waals surface area contributed by atoms with Gasteiger partial charge < -0.3 is 10.8 Å². The molecule has 0 aliphatic carbocycles. The zero-order valence-corrected chi connectivity index (χ0v) is 7.84. The Kier molecular flexibility index (Phi) is 3.35. The first-order valence-electron chi connectivity index (χ1n) is 4.27. The smallest absolute Gasteiger partial charge is 0.342 e. The predicted molar refractivity (Wildman–Crippen MR) is 52.8 cm³/mol. The number of hydrogen-bond donors (Lipinski definition) is 2. The monoisotopic (exact) mass is 210 g/mol. The van der Waals surface area contributed by atoms with Crippen molar-refractivity contribution in [3.05, 3.63) is 39.4 Å². The second-order valence-electron chi connectivity index (χ2n) is 2.95. The van der Waals surface area contributed by atoms with E-state index in [0.717, 1.165) is 0 Å². The van der Waals surface area contributed by atoms with E-state index in [1.54, 1.807) is 0 Å². The molecule has 0 atom stereocenters. The minimum atomic E-state index is -1.31. The Bertz CT molecular complexity index is 403. The molecular weight excluding hydrogens is 200 g/mol. The maximum absolute atomic E-state index is 10.7. The summed E-state index contributed by atoms with van der Waals surface area (Å²) in [5.41, 5.74) is 5.28. The lowest BCUT2D eigenvalue weighted by molar-refractivity contribution is -0.385. The lowest BCUT2D eigenvalue weighted by Gasteiger charge is -2.01. The van der Waals surface area contributed by atoms with Gasteiger partial charge in [0, 0.05) is 6.07 Å². The third-order valence-corrected chi connectivity index (χ3v) is 1.92. The van der Waals surface area contributed by atoms with Crippen LogP contribution in [0.3, 0.4) is 0 Å². The van der Waals surface area contributed by atoms with Crippen LogP contribution in [0.25, 0.3) is 0 Å². The molecule has 6 heteroatoms. The SMILES string of the molecule is NCCc1ccc([N+](=O)[O-])c(C(=O)O)c1. The lowest BCUT2D eigenvalue weighted by atomic mass is 10.1. The van der Waals surface area contributed by atoms with E-state index in [2.05, 4.69) is 0 Å². The zero-order chi connectivity index (χ0) is 11.4. The van der Waals surface area contributed by atoms with Crippen LogP contribution in [0.5, 0.6) is 0 Å². The van der Waals surface area contributed by atoms with E-state index in [4.69, 9.17) is 10.8 Å². The molecule has 0 heterocycles. The van der Waals surface area contributed by atoms with Gasteiger partial charge in [0.05, 0.1) is 4.92 Å². The van der Waals surface area contributed by atoms with Gasteiger partial charge in [-0.3, -0.25) is 10.1 Å². The molecule has 0 amide bonds. The van der Waals surface area contributed by atoms with Crippen LogP contribution in [0.15, 0.2) is 18.2 Å². The molecular formula is C9H10N2O4. The minimum Gasteiger partial charge on any atom is -0.477 e. The summed E-state index contributed by atoms with van der Waals surface area (Å²) in [7, 11) is 0. The van der Waals surface area contributed by atoms with E-state index in [-0.39, 0.29) is 5.56 Å². The van der Waals surface area contributed by atoms with Gasteiger partial charge >= 0.3 is 5.97 Å². The highest BCUT2D eigenvalue weighted by Gasteiger charge is 2.19. The molecule has 1 aromatic carbocycles. The van der Waals surface area contributed by atoms with E-state index in [9.17, 15) is 14.9 Å². The van der Waals surface area contributed by atoms with Crippen LogP contribution in [-0.2, 0) is 6.42 Å². The van der Waals surface area contributed by atoms with Gasteiger partial charge in [0.15, 0.2) is 0 Å². The molecule has 1 rings (SSSR count). The molecule has 15 heavy (non-hydrogen) atoms. The number of hydrogen-bond acceptors (Lipinski definition) is 4. The number of aromatic carboxylic acids is 1. The van der Waals surface area contributed by atoms with Crippen molar-refractivity contribution in [3.8, 4) is 0 Å². The van der Waals surface area contributed by atoms with Gasteiger partial charge in [-0.05, 0) is 24.6 Å². The number of carboxylic acids is 1. The fourth-order valence-electron chi connectivity index (χ4n) is 1.24. The van der Waals surface area contributed by atoms with Crippen molar-refractivity contribution in [3.63, 3.8) is 0 Å². The van der Waals surface area contributed by atoms with Crippen LogP contribution in [0, 0.1) is 10.1 Å². The number of carboxylic acid groups (broad SMARTS) is 1. The van der Waals surface area contributed by atoms with Crippen LogP contribution in [0.1, 0.15) is 15.9 Å². The lowest BCUT2D eigenvalue weighted by Crippen LogP contribution is -2.06. The van der Waals surface area contributed by atoms with E-state index >= 15 is 0 Å². The Balaban J connectivity index is 3.21. The molecule has 1 aromatic rings. The molecule has 0 saturated carbocycles. The second-order valence-corrected chi connectivity index (χ2v) is 2.95. The highest BCUT2D eigenvalue weighted by Crippen LogP contribution is 2.20. The molecule has 0 radical (unpaired) electrons. The number of nitrogens with two attached hydrogens (primary N) is 1. The molecule has 0 aromatic heterocycles. The van der Waals surface area contributed by atoms with Crippen LogP contribution < -0.4 is 5.73 Å². The fourth-order valence-corrected chi connectivity index (χ4v) is 1.24. The number of nitrogens with zero attached hydrogens (tertiary/aromatic N) is 1. The molecule has 80 valence electrons. The molecule has 0 aliphatic rings. The molecule has 0 aliphatic heterocycles. The van der Waals surface area contributed by atoms with Crippen LogP contribution in [-0.4, -0.2) is 22.5 Å². The van der Waals surface area contributed by atoms with Gasteiger partial charge in [-0.25, -0.2) is 4.79 Å². The Morgan fingerprint density at radius 2 is 2.20 bits per heavy atom. The molecule has 0 unspecified atom stereocenters. The standard InChI is InChI=1S/C9H10N2O4/c10-4-3-6-1-2-8(11(14)15)7(5-6)9(12)13/h1-2,5H,3-4,10H2,(H,12,13). The van der Waals surface area contributed by atoms with Gasteiger partial charge in [-0.1, -0.05) is 6.07 Å². The molecule has 3 N–H and O–H groups in total. The second kappa shape index (κ2) is 4.52. The summed E-state index contributed by atoms with van der Waals surface area (Å²) in [6.45, 7) is 0.372. The van der Waals surface area contributed by atoms with Gasteiger partial charge in [0.1, 0.15) is 5.56 Å². The van der Waals surface area contributed by atoms with E-state index < -0.39 is 16.6 Å². The van der Waals surface area contributed by atoms with Gasteiger partial charge in [-0.15, -0.1) is 0 Å². The van der Waals surface area contributed by atoms with E-state index in [1.807, 2.05) is 0 Å². The van der Waals surface area contributed by atoms with Crippen LogP contribution >= 0.6 is 0 Å². The maximum Gasteiger partial charge on any atom is 0.342 e. The van der Waals surface area contributed by atoms with Crippen molar-refractivity contribution in [2.75, 3.05) is 6.54 Å². The topological polar surface area (TPSA) is 106 Å². The van der Waals surface area contributed by atoms with Crippen molar-refractivity contribution in [2.45, 2.75) is 6.42 Å². The average Bonchev–Trinajstić information content (AvgIpc) is 2.17. The third kappa shape index (κ3) is 2.50. The van der Waals surface area contributed by atoms with Crippen molar-refractivity contribution < 1.29 is 14.8 Å².